The van der Waals surface area contributed by atoms with E-state index in [0.29, 0.717) is 32.1 Å². The highest BCUT2D eigenvalue weighted by atomic mass is 19.4. The molecule has 7 nitrogen and oxygen atoms in total. The summed E-state index contributed by atoms with van der Waals surface area (Å²) in [6.07, 6.45) is 0.545. The molecule has 0 radical (unpaired) electrons. The van der Waals surface area contributed by atoms with Crippen LogP contribution in [0, 0.1) is 0 Å². The number of hydrogen-bond donors (Lipinski definition) is 3. The van der Waals surface area contributed by atoms with Crippen molar-refractivity contribution in [2.75, 3.05) is 31.5 Å². The fraction of sp³-hybridized carbons (Fsp3) is 0.438. The Labute approximate surface area is 149 Å². The standard InChI is InChI=1S/C16H22F3N7/c1-2-20-14(24-9-12-26-10-3-4-11-26)22-7-8-23-15-21-6-5-13(25-15)16(17,18)19/h3-6,10-11H,2,7-9,12H2,1H3,(H2,20,22,24)(H,21,23,25). The lowest BCUT2D eigenvalue weighted by atomic mass is 10.4. The van der Waals surface area contributed by atoms with Gasteiger partial charge < -0.3 is 20.5 Å². The molecule has 0 amide bonds. The summed E-state index contributed by atoms with van der Waals surface area (Å²) in [6.45, 7) is 4.84. The second kappa shape index (κ2) is 9.64. The van der Waals surface area contributed by atoms with Crippen molar-refractivity contribution in [1.29, 1.82) is 0 Å². The van der Waals surface area contributed by atoms with Crippen LogP contribution in [0.5, 0.6) is 0 Å². The van der Waals surface area contributed by atoms with Gasteiger partial charge in [0.25, 0.3) is 0 Å². The van der Waals surface area contributed by atoms with E-state index in [-0.39, 0.29) is 5.95 Å². The van der Waals surface area contributed by atoms with Crippen molar-refractivity contribution in [3.8, 4) is 0 Å². The molecule has 0 saturated carbocycles. The molecule has 0 unspecified atom stereocenters. The average molecular weight is 369 g/mol. The van der Waals surface area contributed by atoms with Crippen LogP contribution in [-0.4, -0.2) is 46.7 Å². The molecule has 0 aliphatic heterocycles. The van der Waals surface area contributed by atoms with E-state index < -0.39 is 11.9 Å². The van der Waals surface area contributed by atoms with Gasteiger partial charge in [0.1, 0.15) is 5.69 Å². The quantitative estimate of drug-likeness (QED) is 0.377. The fourth-order valence-electron chi connectivity index (χ4n) is 2.10. The smallest absolute Gasteiger partial charge is 0.357 e. The highest BCUT2D eigenvalue weighted by Gasteiger charge is 2.32. The van der Waals surface area contributed by atoms with Crippen molar-refractivity contribution in [2.24, 2.45) is 4.99 Å². The fourth-order valence-corrected chi connectivity index (χ4v) is 2.10. The molecule has 142 valence electrons. The molecule has 0 bridgehead atoms. The van der Waals surface area contributed by atoms with Crippen molar-refractivity contribution >= 4 is 11.9 Å². The van der Waals surface area contributed by atoms with Gasteiger partial charge in [-0.2, -0.15) is 13.2 Å². The summed E-state index contributed by atoms with van der Waals surface area (Å²) in [6, 6.07) is 4.75. The number of hydrogen-bond acceptors (Lipinski definition) is 4. The third-order valence-electron chi connectivity index (χ3n) is 3.28. The SMILES string of the molecule is CCNC(=NCCNc1nccc(C(F)(F)F)n1)NCCn1cccc1. The van der Waals surface area contributed by atoms with E-state index in [1.54, 1.807) is 0 Å². The van der Waals surface area contributed by atoms with Gasteiger partial charge in [0.2, 0.25) is 5.95 Å². The van der Waals surface area contributed by atoms with Crippen LogP contribution in [0.15, 0.2) is 41.8 Å². The summed E-state index contributed by atoms with van der Waals surface area (Å²) in [5.74, 6) is 0.576. The van der Waals surface area contributed by atoms with Crippen LogP contribution < -0.4 is 16.0 Å². The van der Waals surface area contributed by atoms with E-state index in [1.807, 2.05) is 36.0 Å². The lowest BCUT2D eigenvalue weighted by molar-refractivity contribution is -0.141. The first-order valence-corrected chi connectivity index (χ1v) is 8.26. The van der Waals surface area contributed by atoms with Crippen LogP contribution in [0.4, 0.5) is 19.1 Å². The first-order chi connectivity index (χ1) is 12.5. The number of aromatic nitrogens is 3. The summed E-state index contributed by atoms with van der Waals surface area (Å²) < 4.78 is 39.9. The summed E-state index contributed by atoms with van der Waals surface area (Å²) in [5.41, 5.74) is -0.974. The topological polar surface area (TPSA) is 79.2 Å². The lowest BCUT2D eigenvalue weighted by Gasteiger charge is -2.12. The predicted molar refractivity (Wildman–Crippen MR) is 93.9 cm³/mol. The predicted octanol–water partition coefficient (Wildman–Crippen LogP) is 1.96. The van der Waals surface area contributed by atoms with E-state index in [9.17, 15) is 13.2 Å². The Bertz CT molecular complexity index is 683. The highest BCUT2D eigenvalue weighted by molar-refractivity contribution is 5.79. The molecule has 0 aliphatic rings. The molecular weight excluding hydrogens is 347 g/mol. The number of guanidine groups is 1. The van der Waals surface area contributed by atoms with Gasteiger partial charge in [0.05, 0.1) is 6.54 Å². The normalized spacial score (nSPS) is 12.1. The Hall–Kier alpha value is -2.78. The Morgan fingerprint density at radius 3 is 2.65 bits per heavy atom. The largest absolute Gasteiger partial charge is 0.433 e. The van der Waals surface area contributed by atoms with Crippen molar-refractivity contribution in [1.82, 2.24) is 25.2 Å². The first kappa shape index (κ1) is 19.5. The maximum atomic E-state index is 12.6. The van der Waals surface area contributed by atoms with Crippen molar-refractivity contribution in [3.05, 3.63) is 42.5 Å². The number of alkyl halides is 3. The van der Waals surface area contributed by atoms with E-state index in [4.69, 9.17) is 0 Å². The van der Waals surface area contributed by atoms with Gasteiger partial charge in [-0.05, 0) is 25.1 Å². The summed E-state index contributed by atoms with van der Waals surface area (Å²) >= 11 is 0. The molecule has 26 heavy (non-hydrogen) atoms. The Kier molecular flexibility index (Phi) is 7.24. The second-order valence-corrected chi connectivity index (χ2v) is 5.30. The summed E-state index contributed by atoms with van der Waals surface area (Å²) in [4.78, 5) is 11.6. The average Bonchev–Trinajstić information content (AvgIpc) is 3.11. The highest BCUT2D eigenvalue weighted by Crippen LogP contribution is 2.27. The lowest BCUT2D eigenvalue weighted by Crippen LogP contribution is -2.39. The summed E-state index contributed by atoms with van der Waals surface area (Å²) in [5, 5.41) is 9.05. The molecule has 0 aliphatic carbocycles. The van der Waals surface area contributed by atoms with Gasteiger partial charge in [-0.25, -0.2) is 9.97 Å². The van der Waals surface area contributed by atoms with Crippen LogP contribution in [0.25, 0.3) is 0 Å². The number of nitrogens with zero attached hydrogens (tertiary/aromatic N) is 4. The molecule has 0 fully saturated rings. The van der Waals surface area contributed by atoms with Crippen molar-refractivity contribution in [3.63, 3.8) is 0 Å². The van der Waals surface area contributed by atoms with Crippen LogP contribution in [0.1, 0.15) is 12.6 Å². The second-order valence-electron chi connectivity index (χ2n) is 5.30. The van der Waals surface area contributed by atoms with Gasteiger partial charge in [-0.1, -0.05) is 0 Å². The van der Waals surface area contributed by atoms with E-state index >= 15 is 0 Å². The molecule has 2 aromatic rings. The van der Waals surface area contributed by atoms with Crippen molar-refractivity contribution in [2.45, 2.75) is 19.6 Å². The van der Waals surface area contributed by atoms with E-state index in [2.05, 4.69) is 30.9 Å². The van der Waals surface area contributed by atoms with E-state index in [0.717, 1.165) is 18.8 Å². The number of nitrogens with one attached hydrogen (secondary N) is 3. The third-order valence-corrected chi connectivity index (χ3v) is 3.28. The van der Waals surface area contributed by atoms with Crippen LogP contribution in [0.3, 0.4) is 0 Å². The number of halogens is 3. The zero-order valence-corrected chi connectivity index (χ0v) is 14.4. The molecule has 10 heteroatoms. The van der Waals surface area contributed by atoms with Crippen LogP contribution in [-0.2, 0) is 12.7 Å². The Balaban J connectivity index is 1.78. The van der Waals surface area contributed by atoms with Gasteiger partial charge in [-0.3, -0.25) is 4.99 Å². The van der Waals surface area contributed by atoms with Gasteiger partial charge in [0.15, 0.2) is 5.96 Å². The molecule has 0 atom stereocenters. The summed E-state index contributed by atoms with van der Waals surface area (Å²) in [7, 11) is 0. The minimum absolute atomic E-state index is 0.0689. The van der Waals surface area contributed by atoms with Crippen molar-refractivity contribution < 1.29 is 13.2 Å². The van der Waals surface area contributed by atoms with Gasteiger partial charge >= 0.3 is 6.18 Å². The maximum absolute atomic E-state index is 12.6. The number of rotatable bonds is 8. The number of anilines is 1. The van der Waals surface area contributed by atoms with Crippen LogP contribution >= 0.6 is 0 Å². The van der Waals surface area contributed by atoms with Gasteiger partial charge in [0, 0.05) is 44.8 Å². The molecule has 2 rings (SSSR count). The minimum atomic E-state index is -4.49. The third kappa shape index (κ3) is 6.61. The Morgan fingerprint density at radius 1 is 1.19 bits per heavy atom. The number of aliphatic imine (C=N–C) groups is 1. The molecule has 0 saturated heterocycles. The zero-order chi connectivity index (χ0) is 18.8. The van der Waals surface area contributed by atoms with Crippen LogP contribution in [0.2, 0.25) is 0 Å². The maximum Gasteiger partial charge on any atom is 0.433 e. The zero-order valence-electron chi connectivity index (χ0n) is 14.4. The Morgan fingerprint density at radius 2 is 1.96 bits per heavy atom. The molecule has 0 spiro atoms. The molecule has 0 aromatic carbocycles. The molecule has 3 N–H and O–H groups in total. The molecule has 2 heterocycles. The van der Waals surface area contributed by atoms with E-state index in [1.165, 1.54) is 0 Å². The molecular formula is C16H22F3N7. The monoisotopic (exact) mass is 369 g/mol. The van der Waals surface area contributed by atoms with Gasteiger partial charge in [-0.15, -0.1) is 0 Å². The first-order valence-electron chi connectivity index (χ1n) is 8.26. The molecule has 2 aromatic heterocycles. The minimum Gasteiger partial charge on any atom is -0.357 e.